The zero-order valence-electron chi connectivity index (χ0n) is 18.9. The molecule has 1 aliphatic heterocycles. The average Bonchev–Trinajstić information content (AvgIpc) is 2.66. The molecule has 1 saturated carbocycles. The molecule has 2 N–H and O–H groups in total. The normalized spacial score (nSPS) is 27.6. The number of anilines is 2. The van der Waals surface area contributed by atoms with Gasteiger partial charge < -0.3 is 15.2 Å². The SMILES string of the molecule is CC1CCC(C(C)C)C(OC(=O)C(C)N2C(=O)C(C(C)C)Oc3ccc(N)nc32)C1. The van der Waals surface area contributed by atoms with Crippen LogP contribution >= 0.6 is 0 Å². The fourth-order valence-corrected chi connectivity index (χ4v) is 4.54. The van der Waals surface area contributed by atoms with Crippen LogP contribution in [-0.2, 0) is 14.3 Å². The number of nitrogens with two attached hydrogens (primary N) is 1. The van der Waals surface area contributed by atoms with E-state index in [1.807, 2.05) is 13.8 Å². The summed E-state index contributed by atoms with van der Waals surface area (Å²) in [6.07, 6.45) is 2.25. The smallest absolute Gasteiger partial charge is 0.329 e. The summed E-state index contributed by atoms with van der Waals surface area (Å²) in [7, 11) is 0. The van der Waals surface area contributed by atoms with E-state index in [4.69, 9.17) is 15.2 Å². The number of nitrogens with zero attached hydrogens (tertiary/aromatic N) is 2. The second-order valence-electron chi connectivity index (χ2n) is 9.53. The zero-order valence-corrected chi connectivity index (χ0v) is 18.9. The summed E-state index contributed by atoms with van der Waals surface area (Å²) in [5, 5.41) is 0. The van der Waals surface area contributed by atoms with Crippen LogP contribution in [0.5, 0.6) is 5.75 Å². The van der Waals surface area contributed by atoms with Crippen molar-refractivity contribution in [2.24, 2.45) is 23.7 Å². The Bertz CT molecular complexity index is 795. The van der Waals surface area contributed by atoms with Gasteiger partial charge in [-0.25, -0.2) is 9.78 Å². The molecule has 5 atom stereocenters. The Labute approximate surface area is 179 Å². The van der Waals surface area contributed by atoms with Crippen LogP contribution in [0.25, 0.3) is 0 Å². The summed E-state index contributed by atoms with van der Waals surface area (Å²) in [6, 6.07) is 2.51. The molecule has 1 aromatic heterocycles. The van der Waals surface area contributed by atoms with E-state index in [2.05, 4.69) is 25.8 Å². The minimum Gasteiger partial charge on any atom is -0.476 e. The lowest BCUT2D eigenvalue weighted by Crippen LogP contribution is -2.55. The average molecular weight is 418 g/mol. The fraction of sp³-hybridized carbons (Fsp3) is 0.696. The molecule has 7 heteroatoms. The van der Waals surface area contributed by atoms with Crippen molar-refractivity contribution >= 4 is 23.5 Å². The molecule has 0 aromatic carbocycles. The third kappa shape index (κ3) is 4.40. The van der Waals surface area contributed by atoms with E-state index in [0.717, 1.165) is 19.3 Å². The largest absolute Gasteiger partial charge is 0.476 e. The molecule has 0 saturated heterocycles. The third-order valence-electron chi connectivity index (χ3n) is 6.39. The van der Waals surface area contributed by atoms with Gasteiger partial charge in [0.1, 0.15) is 18.0 Å². The van der Waals surface area contributed by atoms with E-state index in [1.54, 1.807) is 19.1 Å². The van der Waals surface area contributed by atoms with Gasteiger partial charge in [0.15, 0.2) is 17.7 Å². The van der Waals surface area contributed by atoms with Gasteiger partial charge in [-0.2, -0.15) is 0 Å². The number of nitrogen functional groups attached to an aromatic ring is 1. The molecular formula is C23H35N3O4. The highest BCUT2D eigenvalue weighted by Gasteiger charge is 2.43. The van der Waals surface area contributed by atoms with E-state index >= 15 is 0 Å². The predicted octanol–water partition coefficient (Wildman–Crippen LogP) is 3.81. The van der Waals surface area contributed by atoms with Crippen molar-refractivity contribution in [3.8, 4) is 5.75 Å². The van der Waals surface area contributed by atoms with Crippen LogP contribution < -0.4 is 15.4 Å². The first kappa shape index (κ1) is 22.4. The molecular weight excluding hydrogens is 382 g/mol. The number of esters is 1. The molecule has 2 heterocycles. The summed E-state index contributed by atoms with van der Waals surface area (Å²) in [5.74, 6) is 1.52. The van der Waals surface area contributed by atoms with Crippen molar-refractivity contribution in [3.05, 3.63) is 12.1 Å². The lowest BCUT2D eigenvalue weighted by Gasteiger charge is -2.40. The van der Waals surface area contributed by atoms with E-state index in [0.29, 0.717) is 23.5 Å². The van der Waals surface area contributed by atoms with Gasteiger partial charge in [0, 0.05) is 0 Å². The number of hydrogen-bond donors (Lipinski definition) is 1. The molecule has 30 heavy (non-hydrogen) atoms. The summed E-state index contributed by atoms with van der Waals surface area (Å²) < 4.78 is 11.9. The Morgan fingerprint density at radius 2 is 1.90 bits per heavy atom. The highest BCUT2D eigenvalue weighted by molar-refractivity contribution is 6.03. The number of hydrogen-bond acceptors (Lipinski definition) is 6. The first-order chi connectivity index (χ1) is 14.1. The number of ether oxygens (including phenoxy) is 2. The van der Waals surface area contributed by atoms with Gasteiger partial charge in [0.2, 0.25) is 0 Å². The monoisotopic (exact) mass is 417 g/mol. The van der Waals surface area contributed by atoms with Crippen LogP contribution in [0, 0.1) is 23.7 Å². The Morgan fingerprint density at radius 3 is 2.53 bits per heavy atom. The van der Waals surface area contributed by atoms with Crippen molar-refractivity contribution in [2.45, 2.75) is 79.1 Å². The van der Waals surface area contributed by atoms with Crippen molar-refractivity contribution in [1.29, 1.82) is 0 Å². The maximum absolute atomic E-state index is 13.2. The molecule has 5 unspecified atom stereocenters. The molecule has 3 rings (SSSR count). The second kappa shape index (κ2) is 8.82. The molecule has 1 aromatic rings. The molecule has 1 aliphatic carbocycles. The second-order valence-corrected chi connectivity index (χ2v) is 9.53. The number of carbonyl (C=O) groups excluding carboxylic acids is 2. The minimum atomic E-state index is -0.819. The van der Waals surface area contributed by atoms with Crippen molar-refractivity contribution in [1.82, 2.24) is 4.98 Å². The predicted molar refractivity (Wildman–Crippen MR) is 116 cm³/mol. The number of fused-ring (bicyclic) bond motifs is 1. The standard InChI is InChI=1S/C23H35N3O4/c1-12(2)16-8-7-14(5)11-18(16)30-23(28)15(6)26-21-17(9-10-19(24)25-21)29-20(13(3)4)22(26)27/h9-10,12-16,18,20H,7-8,11H2,1-6H3,(H2,24,25). The first-order valence-electron chi connectivity index (χ1n) is 11.1. The summed E-state index contributed by atoms with van der Waals surface area (Å²) in [6.45, 7) is 12.1. The Hall–Kier alpha value is -2.31. The van der Waals surface area contributed by atoms with E-state index < -0.39 is 18.1 Å². The van der Waals surface area contributed by atoms with E-state index in [9.17, 15) is 9.59 Å². The Morgan fingerprint density at radius 1 is 1.20 bits per heavy atom. The van der Waals surface area contributed by atoms with E-state index in [-0.39, 0.29) is 29.6 Å². The number of pyridine rings is 1. The topological polar surface area (TPSA) is 94.8 Å². The van der Waals surface area contributed by atoms with E-state index in [1.165, 1.54) is 4.90 Å². The number of aromatic nitrogens is 1. The minimum absolute atomic E-state index is 0.0570. The summed E-state index contributed by atoms with van der Waals surface area (Å²) in [4.78, 5) is 32.1. The van der Waals surface area contributed by atoms with Crippen molar-refractivity contribution in [2.75, 3.05) is 10.6 Å². The van der Waals surface area contributed by atoms with Crippen LogP contribution in [-0.4, -0.2) is 35.1 Å². The number of carbonyl (C=O) groups is 2. The highest BCUT2D eigenvalue weighted by Crippen LogP contribution is 2.38. The molecule has 166 valence electrons. The lowest BCUT2D eigenvalue weighted by molar-refractivity contribution is -0.158. The lowest BCUT2D eigenvalue weighted by atomic mass is 9.75. The van der Waals surface area contributed by atoms with Gasteiger partial charge in [-0.15, -0.1) is 0 Å². The quantitative estimate of drug-likeness (QED) is 0.732. The Kier molecular flexibility index (Phi) is 6.58. The van der Waals surface area contributed by atoms with Crippen LogP contribution in [0.1, 0.15) is 60.8 Å². The Balaban J connectivity index is 1.86. The van der Waals surface area contributed by atoms with Crippen LogP contribution in [0.2, 0.25) is 0 Å². The summed E-state index contributed by atoms with van der Waals surface area (Å²) in [5.41, 5.74) is 5.86. The van der Waals surface area contributed by atoms with Crippen LogP contribution in [0.3, 0.4) is 0 Å². The van der Waals surface area contributed by atoms with Crippen LogP contribution in [0.15, 0.2) is 12.1 Å². The van der Waals surface area contributed by atoms with Gasteiger partial charge in [-0.3, -0.25) is 9.69 Å². The van der Waals surface area contributed by atoms with Gasteiger partial charge in [-0.05, 0) is 55.6 Å². The maximum atomic E-state index is 13.2. The third-order valence-corrected chi connectivity index (χ3v) is 6.39. The van der Waals surface area contributed by atoms with Crippen molar-refractivity contribution in [3.63, 3.8) is 0 Å². The molecule has 7 nitrogen and oxygen atoms in total. The molecule has 1 fully saturated rings. The van der Waals surface area contributed by atoms with Gasteiger partial charge in [0.05, 0.1) is 0 Å². The maximum Gasteiger partial charge on any atom is 0.329 e. The number of rotatable bonds is 5. The van der Waals surface area contributed by atoms with Crippen LogP contribution in [0.4, 0.5) is 11.6 Å². The van der Waals surface area contributed by atoms with Crippen molar-refractivity contribution < 1.29 is 19.1 Å². The van der Waals surface area contributed by atoms with Gasteiger partial charge >= 0.3 is 5.97 Å². The highest BCUT2D eigenvalue weighted by atomic mass is 16.5. The molecule has 1 amide bonds. The van der Waals surface area contributed by atoms with Gasteiger partial charge in [-0.1, -0.05) is 41.0 Å². The van der Waals surface area contributed by atoms with Gasteiger partial charge in [0.25, 0.3) is 5.91 Å². The first-order valence-corrected chi connectivity index (χ1v) is 11.1. The molecule has 0 bridgehead atoms. The number of amides is 1. The molecule has 0 radical (unpaired) electrons. The zero-order chi connectivity index (χ0) is 22.2. The summed E-state index contributed by atoms with van der Waals surface area (Å²) >= 11 is 0. The fourth-order valence-electron chi connectivity index (χ4n) is 4.54. The molecule has 0 spiro atoms. The molecule has 2 aliphatic rings.